The van der Waals surface area contributed by atoms with Gasteiger partial charge < -0.3 is 15.0 Å². The zero-order chi connectivity index (χ0) is 22.4. The number of aryl methyl sites for hydroxylation is 3. The third-order valence-corrected chi connectivity index (χ3v) is 5.59. The second-order valence-corrected chi connectivity index (χ2v) is 8.27. The number of carbonyl (C=O) groups excluding carboxylic acids is 3. The molecule has 1 N–H and O–H groups in total. The van der Waals surface area contributed by atoms with Gasteiger partial charge in [-0.3, -0.25) is 9.59 Å². The number of benzene rings is 1. The van der Waals surface area contributed by atoms with Crippen molar-refractivity contribution >= 4 is 39.8 Å². The molecule has 0 radical (unpaired) electrons. The Hall–Kier alpha value is -3.18. The molecule has 1 aromatic carbocycles. The minimum Gasteiger partial charge on any atom is -0.452 e. The third kappa shape index (κ3) is 5.67. The summed E-state index contributed by atoms with van der Waals surface area (Å²) in [6.45, 7) is 8.55. The number of rotatable bonds is 7. The minimum atomic E-state index is -0.672. The summed E-state index contributed by atoms with van der Waals surface area (Å²) in [5.74, 6) is -1.39. The maximum absolute atomic E-state index is 12.8. The Kier molecular flexibility index (Phi) is 7.72. The predicted molar refractivity (Wildman–Crippen MR) is 117 cm³/mol. The summed E-state index contributed by atoms with van der Waals surface area (Å²) < 4.78 is 5.29. The number of anilines is 2. The van der Waals surface area contributed by atoms with Gasteiger partial charge in [0, 0.05) is 24.0 Å². The molecule has 0 atom stereocenters. The van der Waals surface area contributed by atoms with Gasteiger partial charge >= 0.3 is 5.97 Å². The van der Waals surface area contributed by atoms with Gasteiger partial charge in [0.2, 0.25) is 5.91 Å². The fraction of sp³-hybridized carbons (Fsp3) is 0.364. The molecule has 7 nitrogen and oxygen atoms in total. The number of ether oxygens (including phenoxy) is 1. The molecular formula is C22H25N3O4S. The Morgan fingerprint density at radius 1 is 1.13 bits per heavy atom. The smallest absolute Gasteiger partial charge is 0.341 e. The predicted octanol–water partition coefficient (Wildman–Crippen LogP) is 4.04. The molecule has 0 aliphatic heterocycles. The first-order valence-corrected chi connectivity index (χ1v) is 10.3. The van der Waals surface area contributed by atoms with E-state index in [0.29, 0.717) is 16.3 Å². The molecular weight excluding hydrogens is 402 g/mol. The average molecular weight is 428 g/mol. The van der Waals surface area contributed by atoms with E-state index in [9.17, 15) is 14.4 Å². The highest BCUT2D eigenvalue weighted by atomic mass is 32.1. The lowest BCUT2D eigenvalue weighted by Crippen LogP contribution is -2.35. The van der Waals surface area contributed by atoms with E-state index in [1.54, 1.807) is 6.92 Å². The molecule has 0 saturated carbocycles. The lowest BCUT2D eigenvalue weighted by Gasteiger charge is -2.22. The van der Waals surface area contributed by atoms with Crippen molar-refractivity contribution in [1.29, 1.82) is 5.26 Å². The van der Waals surface area contributed by atoms with Crippen molar-refractivity contribution in [3.8, 4) is 6.07 Å². The number of hydrogen-bond acceptors (Lipinski definition) is 6. The first kappa shape index (κ1) is 23.1. The van der Waals surface area contributed by atoms with Crippen molar-refractivity contribution in [3.63, 3.8) is 0 Å². The van der Waals surface area contributed by atoms with Gasteiger partial charge in [-0.05, 0) is 56.5 Å². The van der Waals surface area contributed by atoms with Gasteiger partial charge in [-0.15, -0.1) is 11.3 Å². The molecule has 2 amide bonds. The standard InChI is InChI=1S/C22H25N3O4S/c1-13-9-14(2)11-18(10-13)25(8-6-7-23)19(27)12-29-22(28)20-15(3)16(4)30-21(20)24-17(5)26/h9-11H,6,8,12H2,1-5H3,(H,24,26). The first-order valence-electron chi connectivity index (χ1n) is 9.44. The van der Waals surface area contributed by atoms with Crippen LogP contribution in [0.3, 0.4) is 0 Å². The Bertz CT molecular complexity index is 1000. The van der Waals surface area contributed by atoms with Crippen LogP contribution in [-0.2, 0) is 14.3 Å². The number of hydrogen-bond donors (Lipinski definition) is 1. The molecule has 0 saturated heterocycles. The van der Waals surface area contributed by atoms with Gasteiger partial charge in [-0.1, -0.05) is 6.07 Å². The number of nitrogens with one attached hydrogen (secondary N) is 1. The molecule has 0 fully saturated rings. The molecule has 30 heavy (non-hydrogen) atoms. The number of nitriles is 1. The van der Waals surface area contributed by atoms with Crippen molar-refractivity contribution in [2.24, 2.45) is 0 Å². The van der Waals surface area contributed by atoms with Crippen molar-refractivity contribution in [2.75, 3.05) is 23.4 Å². The van der Waals surface area contributed by atoms with Crippen LogP contribution in [0.4, 0.5) is 10.7 Å². The van der Waals surface area contributed by atoms with Crippen LogP contribution in [0.15, 0.2) is 18.2 Å². The van der Waals surface area contributed by atoms with E-state index in [1.165, 1.54) is 23.2 Å². The van der Waals surface area contributed by atoms with Gasteiger partial charge in [-0.2, -0.15) is 5.26 Å². The third-order valence-electron chi connectivity index (χ3n) is 4.47. The van der Waals surface area contributed by atoms with Crippen molar-refractivity contribution in [3.05, 3.63) is 45.3 Å². The molecule has 1 heterocycles. The van der Waals surface area contributed by atoms with Gasteiger partial charge in [0.05, 0.1) is 18.1 Å². The Morgan fingerprint density at radius 3 is 2.33 bits per heavy atom. The largest absolute Gasteiger partial charge is 0.452 e. The number of esters is 1. The average Bonchev–Trinajstić information content (AvgIpc) is 2.92. The van der Waals surface area contributed by atoms with Crippen molar-refractivity contribution < 1.29 is 19.1 Å². The summed E-state index contributed by atoms with van der Waals surface area (Å²) in [6, 6.07) is 7.73. The van der Waals surface area contributed by atoms with E-state index in [0.717, 1.165) is 16.0 Å². The lowest BCUT2D eigenvalue weighted by atomic mass is 10.1. The van der Waals surface area contributed by atoms with Gasteiger partial charge in [0.1, 0.15) is 5.00 Å². The van der Waals surface area contributed by atoms with Gasteiger partial charge in [-0.25, -0.2) is 4.79 Å². The molecule has 0 bridgehead atoms. The van der Waals surface area contributed by atoms with E-state index in [2.05, 4.69) is 5.32 Å². The highest BCUT2D eigenvalue weighted by Crippen LogP contribution is 2.33. The molecule has 2 rings (SSSR count). The monoisotopic (exact) mass is 427 g/mol. The molecule has 158 valence electrons. The van der Waals surface area contributed by atoms with Crippen LogP contribution in [0.2, 0.25) is 0 Å². The van der Waals surface area contributed by atoms with E-state index in [4.69, 9.17) is 10.00 Å². The van der Waals surface area contributed by atoms with Gasteiger partial charge in [0.25, 0.3) is 5.91 Å². The molecule has 1 aromatic heterocycles. The molecule has 8 heteroatoms. The Morgan fingerprint density at radius 2 is 1.77 bits per heavy atom. The number of thiophene rings is 1. The molecule has 0 aliphatic carbocycles. The van der Waals surface area contributed by atoms with E-state index in [1.807, 2.05) is 45.0 Å². The van der Waals surface area contributed by atoms with Crippen LogP contribution in [-0.4, -0.2) is 30.9 Å². The van der Waals surface area contributed by atoms with Crippen LogP contribution < -0.4 is 10.2 Å². The normalized spacial score (nSPS) is 10.3. The van der Waals surface area contributed by atoms with Crippen molar-refractivity contribution in [1.82, 2.24) is 0 Å². The Labute approximate surface area is 180 Å². The summed E-state index contributed by atoms with van der Waals surface area (Å²) in [5.41, 5.74) is 3.60. The van der Waals surface area contributed by atoms with E-state index < -0.39 is 18.5 Å². The molecule has 0 aliphatic rings. The van der Waals surface area contributed by atoms with Crippen LogP contribution in [0.1, 0.15) is 45.3 Å². The summed E-state index contributed by atoms with van der Waals surface area (Å²) in [6.07, 6.45) is 0.155. The zero-order valence-electron chi connectivity index (χ0n) is 17.8. The second-order valence-electron chi connectivity index (χ2n) is 7.04. The van der Waals surface area contributed by atoms with Crippen molar-refractivity contribution in [2.45, 2.75) is 41.0 Å². The molecule has 0 spiro atoms. The summed E-state index contributed by atoms with van der Waals surface area (Å²) >= 11 is 1.29. The fourth-order valence-electron chi connectivity index (χ4n) is 3.06. The molecule has 0 unspecified atom stereocenters. The SMILES string of the molecule is CC(=O)Nc1sc(C)c(C)c1C(=O)OCC(=O)N(CCC#N)c1cc(C)cc(C)c1. The highest BCUT2D eigenvalue weighted by Gasteiger charge is 2.24. The lowest BCUT2D eigenvalue weighted by molar-refractivity contribution is -0.121. The quantitative estimate of drug-likeness (QED) is 0.672. The fourth-order valence-corrected chi connectivity index (χ4v) is 4.16. The van der Waals surface area contributed by atoms with Crippen LogP contribution in [0.5, 0.6) is 0 Å². The van der Waals surface area contributed by atoms with Crippen LogP contribution in [0, 0.1) is 39.0 Å². The Balaban J connectivity index is 2.20. The van der Waals surface area contributed by atoms with Crippen LogP contribution in [0.25, 0.3) is 0 Å². The first-order chi connectivity index (χ1) is 14.1. The number of nitrogens with zero attached hydrogens (tertiary/aromatic N) is 2. The zero-order valence-corrected chi connectivity index (χ0v) is 18.6. The number of amides is 2. The van der Waals surface area contributed by atoms with Gasteiger partial charge in [0.15, 0.2) is 6.61 Å². The van der Waals surface area contributed by atoms with E-state index in [-0.39, 0.29) is 24.4 Å². The number of carbonyl (C=O) groups is 3. The van der Waals surface area contributed by atoms with Crippen LogP contribution >= 0.6 is 11.3 Å². The molecule has 2 aromatic rings. The summed E-state index contributed by atoms with van der Waals surface area (Å²) in [7, 11) is 0. The second kappa shape index (κ2) is 10.0. The summed E-state index contributed by atoms with van der Waals surface area (Å²) in [5, 5.41) is 12.0. The maximum atomic E-state index is 12.8. The minimum absolute atomic E-state index is 0.155. The van der Waals surface area contributed by atoms with E-state index >= 15 is 0 Å². The maximum Gasteiger partial charge on any atom is 0.341 e. The topological polar surface area (TPSA) is 99.5 Å². The highest BCUT2D eigenvalue weighted by molar-refractivity contribution is 7.16. The summed E-state index contributed by atoms with van der Waals surface area (Å²) in [4.78, 5) is 39.3.